The topological polar surface area (TPSA) is 12.5 Å². The molecule has 0 N–H and O–H groups in total. The molecule has 1 aliphatic rings. The Kier molecular flexibility index (Phi) is 2.76. The second kappa shape index (κ2) is 3.95. The third-order valence-electron chi connectivity index (χ3n) is 2.59. The summed E-state index contributed by atoms with van der Waals surface area (Å²) in [6, 6.07) is 8.37. The lowest BCUT2D eigenvalue weighted by Crippen LogP contribution is -2.32. The van der Waals surface area contributed by atoms with Gasteiger partial charge in [0, 0.05) is 18.8 Å². The summed E-state index contributed by atoms with van der Waals surface area (Å²) >= 11 is 0. The van der Waals surface area contributed by atoms with E-state index in [0.717, 1.165) is 0 Å². The smallest absolute Gasteiger partial charge is 0.157 e. The Morgan fingerprint density at radius 1 is 1.19 bits per heavy atom. The van der Waals surface area contributed by atoms with E-state index in [0.29, 0.717) is 0 Å². The highest BCUT2D eigenvalue weighted by molar-refractivity contribution is 5.56. The fourth-order valence-corrected chi connectivity index (χ4v) is 1.86. The summed E-state index contributed by atoms with van der Waals surface area (Å²) in [5, 5.41) is 0. The van der Waals surface area contributed by atoms with E-state index < -0.39 is 0 Å². The molecule has 86 valence electrons. The molecule has 0 saturated heterocycles. The Balaban J connectivity index is 2.34. The first-order chi connectivity index (χ1) is 7.47. The van der Waals surface area contributed by atoms with Crippen LogP contribution in [0.1, 0.15) is 38.1 Å². The zero-order chi connectivity index (χ0) is 11.8. The summed E-state index contributed by atoms with van der Waals surface area (Å²) < 4.78 is 6.09. The monoisotopic (exact) mass is 217 g/mol. The van der Waals surface area contributed by atoms with Crippen LogP contribution in [0.2, 0.25) is 0 Å². The molecule has 0 aliphatic carbocycles. The normalized spacial score (nSPS) is 19.8. The highest BCUT2D eigenvalue weighted by Gasteiger charge is 2.26. The van der Waals surface area contributed by atoms with Crippen molar-refractivity contribution in [3.05, 3.63) is 41.6 Å². The van der Waals surface area contributed by atoms with Crippen LogP contribution in [0.15, 0.2) is 30.5 Å². The van der Waals surface area contributed by atoms with E-state index in [2.05, 4.69) is 62.2 Å². The van der Waals surface area contributed by atoms with Crippen LogP contribution in [0.25, 0.3) is 6.08 Å². The van der Waals surface area contributed by atoms with E-state index in [1.807, 2.05) is 7.05 Å². The molecular weight excluding hydrogens is 198 g/mol. The number of rotatable bonds is 1. The quantitative estimate of drug-likeness (QED) is 0.714. The maximum atomic E-state index is 6.09. The highest BCUT2D eigenvalue weighted by Crippen LogP contribution is 2.32. The van der Waals surface area contributed by atoms with Crippen molar-refractivity contribution < 1.29 is 4.74 Å². The predicted octanol–water partition coefficient (Wildman–Crippen LogP) is 3.42. The molecular formula is C14H19NO. The zero-order valence-electron chi connectivity index (χ0n) is 10.4. The molecule has 0 spiro atoms. The van der Waals surface area contributed by atoms with Crippen LogP contribution in [0.3, 0.4) is 0 Å². The molecule has 2 nitrogen and oxygen atoms in total. The molecule has 0 fully saturated rings. The minimum absolute atomic E-state index is 0.0150. The van der Waals surface area contributed by atoms with Gasteiger partial charge < -0.3 is 9.64 Å². The van der Waals surface area contributed by atoms with Gasteiger partial charge in [0.05, 0.1) is 5.60 Å². The molecule has 0 saturated carbocycles. The molecule has 1 aromatic carbocycles. The predicted molar refractivity (Wildman–Crippen MR) is 66.8 cm³/mol. The van der Waals surface area contributed by atoms with Crippen LogP contribution in [-0.4, -0.2) is 17.5 Å². The molecule has 16 heavy (non-hydrogen) atoms. The zero-order valence-corrected chi connectivity index (χ0v) is 10.4. The fourth-order valence-electron chi connectivity index (χ4n) is 1.86. The molecule has 1 atom stereocenters. The van der Waals surface area contributed by atoms with Gasteiger partial charge >= 0.3 is 0 Å². The van der Waals surface area contributed by atoms with Crippen molar-refractivity contribution in [3.63, 3.8) is 0 Å². The Labute approximate surface area is 97.5 Å². The number of hydrogen-bond acceptors (Lipinski definition) is 2. The molecule has 1 aliphatic heterocycles. The molecule has 0 radical (unpaired) electrons. The number of nitrogens with zero attached hydrogens (tertiary/aromatic N) is 1. The Morgan fingerprint density at radius 3 is 2.56 bits per heavy atom. The van der Waals surface area contributed by atoms with Crippen molar-refractivity contribution in [1.82, 2.24) is 4.90 Å². The number of fused-ring (bicyclic) bond motifs is 1. The van der Waals surface area contributed by atoms with Gasteiger partial charge in [0.1, 0.15) is 0 Å². The van der Waals surface area contributed by atoms with Crippen molar-refractivity contribution in [2.24, 2.45) is 0 Å². The Morgan fingerprint density at radius 2 is 1.88 bits per heavy atom. The van der Waals surface area contributed by atoms with E-state index in [4.69, 9.17) is 4.74 Å². The third kappa shape index (κ3) is 2.27. The summed E-state index contributed by atoms with van der Waals surface area (Å²) in [5.41, 5.74) is 2.34. The van der Waals surface area contributed by atoms with Gasteiger partial charge in [-0.25, -0.2) is 0 Å². The lowest BCUT2D eigenvalue weighted by molar-refractivity contribution is -0.116. The third-order valence-corrected chi connectivity index (χ3v) is 2.59. The fraction of sp³-hybridized carbons (Fsp3) is 0.429. The lowest BCUT2D eigenvalue weighted by Gasteiger charge is -2.36. The van der Waals surface area contributed by atoms with Gasteiger partial charge in [0.2, 0.25) is 0 Å². The van der Waals surface area contributed by atoms with Crippen molar-refractivity contribution >= 4 is 6.08 Å². The minimum atomic E-state index is -0.142. The average molecular weight is 217 g/mol. The number of ether oxygens (including phenoxy) is 1. The van der Waals surface area contributed by atoms with Gasteiger partial charge in [-0.1, -0.05) is 24.3 Å². The van der Waals surface area contributed by atoms with Gasteiger partial charge in [-0.15, -0.1) is 0 Å². The van der Waals surface area contributed by atoms with Crippen molar-refractivity contribution in [2.45, 2.75) is 32.6 Å². The molecule has 0 aromatic heterocycles. The van der Waals surface area contributed by atoms with E-state index in [-0.39, 0.29) is 11.8 Å². The average Bonchev–Trinajstić information content (AvgIpc) is 2.21. The molecule has 1 aromatic rings. The lowest BCUT2D eigenvalue weighted by atomic mass is 10.0. The van der Waals surface area contributed by atoms with Crippen molar-refractivity contribution in [2.75, 3.05) is 7.05 Å². The summed E-state index contributed by atoms with van der Waals surface area (Å²) in [6.07, 6.45) is 4.21. The maximum Gasteiger partial charge on any atom is 0.157 e. The SMILES string of the molecule is CN1C=Cc2ccccc2C1OC(C)(C)C. The molecule has 2 heteroatoms. The number of hydrogen-bond donors (Lipinski definition) is 0. The van der Waals surface area contributed by atoms with Gasteiger partial charge in [0.15, 0.2) is 6.23 Å². The summed E-state index contributed by atoms with van der Waals surface area (Å²) in [5.74, 6) is 0. The first-order valence-electron chi connectivity index (χ1n) is 5.64. The van der Waals surface area contributed by atoms with E-state index in [1.165, 1.54) is 11.1 Å². The van der Waals surface area contributed by atoms with Crippen LogP contribution in [0, 0.1) is 0 Å². The second-order valence-electron chi connectivity index (χ2n) is 5.19. The first-order valence-corrected chi connectivity index (χ1v) is 5.64. The van der Waals surface area contributed by atoms with E-state index >= 15 is 0 Å². The molecule has 0 bridgehead atoms. The second-order valence-corrected chi connectivity index (χ2v) is 5.19. The van der Waals surface area contributed by atoms with E-state index in [9.17, 15) is 0 Å². The molecule has 1 unspecified atom stereocenters. The summed E-state index contributed by atoms with van der Waals surface area (Å²) in [7, 11) is 2.04. The molecule has 1 heterocycles. The van der Waals surface area contributed by atoms with Gasteiger partial charge in [-0.05, 0) is 32.4 Å². The number of benzene rings is 1. The molecule has 2 rings (SSSR count). The van der Waals surface area contributed by atoms with Gasteiger partial charge in [-0.3, -0.25) is 0 Å². The first kappa shape index (κ1) is 11.2. The van der Waals surface area contributed by atoms with Crippen LogP contribution < -0.4 is 0 Å². The summed E-state index contributed by atoms with van der Waals surface area (Å²) in [4.78, 5) is 2.10. The summed E-state index contributed by atoms with van der Waals surface area (Å²) in [6.45, 7) is 6.26. The minimum Gasteiger partial charge on any atom is -0.352 e. The van der Waals surface area contributed by atoms with Crippen LogP contribution in [-0.2, 0) is 4.74 Å². The van der Waals surface area contributed by atoms with Crippen LogP contribution in [0.5, 0.6) is 0 Å². The Bertz CT molecular complexity index is 403. The largest absolute Gasteiger partial charge is 0.352 e. The van der Waals surface area contributed by atoms with Crippen LogP contribution in [0.4, 0.5) is 0 Å². The van der Waals surface area contributed by atoms with E-state index in [1.54, 1.807) is 0 Å². The Hall–Kier alpha value is -1.28. The van der Waals surface area contributed by atoms with Gasteiger partial charge in [0.25, 0.3) is 0 Å². The molecule has 0 amide bonds. The van der Waals surface area contributed by atoms with Gasteiger partial charge in [-0.2, -0.15) is 0 Å². The standard InChI is InChI=1S/C14H19NO/c1-14(2,3)16-13-12-8-6-5-7-11(12)9-10-15(13)4/h5-10,13H,1-4H3. The van der Waals surface area contributed by atoms with Crippen LogP contribution >= 0.6 is 0 Å². The maximum absolute atomic E-state index is 6.09. The highest BCUT2D eigenvalue weighted by atomic mass is 16.5. The van der Waals surface area contributed by atoms with Crippen molar-refractivity contribution in [1.29, 1.82) is 0 Å². The van der Waals surface area contributed by atoms with Crippen molar-refractivity contribution in [3.8, 4) is 0 Å².